The van der Waals surface area contributed by atoms with E-state index in [0.717, 1.165) is 33.3 Å². The summed E-state index contributed by atoms with van der Waals surface area (Å²) in [6.45, 7) is 7.42. The van der Waals surface area contributed by atoms with Crippen LogP contribution in [0.5, 0.6) is 11.5 Å². The summed E-state index contributed by atoms with van der Waals surface area (Å²) in [6.07, 6.45) is 0. The van der Waals surface area contributed by atoms with Gasteiger partial charge in [-0.05, 0) is 50.6 Å². The Morgan fingerprint density at radius 1 is 0.810 bits per heavy atom. The van der Waals surface area contributed by atoms with Crippen LogP contribution in [0, 0.1) is 6.92 Å². The van der Waals surface area contributed by atoms with Gasteiger partial charge in [-0.25, -0.2) is 4.98 Å². The first-order valence-corrected chi connectivity index (χ1v) is 7.32. The van der Waals surface area contributed by atoms with E-state index in [4.69, 9.17) is 14.5 Å². The minimum atomic E-state index is 0.659. The molecule has 3 rings (SSSR count). The highest BCUT2D eigenvalue weighted by Crippen LogP contribution is 2.29. The molecule has 21 heavy (non-hydrogen) atoms. The van der Waals surface area contributed by atoms with E-state index in [-0.39, 0.29) is 0 Å². The quantitative estimate of drug-likeness (QED) is 0.660. The van der Waals surface area contributed by atoms with Crippen LogP contribution in [0.1, 0.15) is 19.4 Å². The van der Waals surface area contributed by atoms with Crippen molar-refractivity contribution in [2.45, 2.75) is 20.8 Å². The lowest BCUT2D eigenvalue weighted by Crippen LogP contribution is -1.94. The van der Waals surface area contributed by atoms with Crippen molar-refractivity contribution in [2.24, 2.45) is 0 Å². The van der Waals surface area contributed by atoms with Gasteiger partial charge in [0.05, 0.1) is 24.2 Å². The number of aryl methyl sites for hydroxylation is 1. The summed E-state index contributed by atoms with van der Waals surface area (Å²) < 4.78 is 11.1. The van der Waals surface area contributed by atoms with Crippen LogP contribution in [0.15, 0.2) is 36.4 Å². The highest BCUT2D eigenvalue weighted by molar-refractivity contribution is 5.98. The first kappa shape index (κ1) is 13.7. The Bertz CT molecular complexity index is 732. The smallest absolute Gasteiger partial charge is 0.121 e. The first-order chi connectivity index (χ1) is 10.2. The molecule has 3 aromatic rings. The van der Waals surface area contributed by atoms with Crippen LogP contribution in [0.3, 0.4) is 0 Å². The minimum absolute atomic E-state index is 0.659. The van der Waals surface area contributed by atoms with Crippen LogP contribution < -0.4 is 9.47 Å². The Kier molecular flexibility index (Phi) is 3.65. The fraction of sp³-hybridized carbons (Fsp3) is 0.278. The van der Waals surface area contributed by atoms with Gasteiger partial charge in [-0.2, -0.15) is 0 Å². The van der Waals surface area contributed by atoms with Crippen molar-refractivity contribution in [3.05, 3.63) is 42.0 Å². The molecule has 2 aromatic carbocycles. The molecule has 0 N–H and O–H groups in total. The number of pyridine rings is 1. The number of ether oxygens (including phenoxy) is 2. The lowest BCUT2D eigenvalue weighted by Gasteiger charge is -2.10. The first-order valence-electron chi connectivity index (χ1n) is 7.32. The van der Waals surface area contributed by atoms with Crippen molar-refractivity contribution < 1.29 is 9.47 Å². The van der Waals surface area contributed by atoms with Crippen molar-refractivity contribution in [1.29, 1.82) is 0 Å². The molecule has 0 fully saturated rings. The Morgan fingerprint density at radius 3 is 1.71 bits per heavy atom. The summed E-state index contributed by atoms with van der Waals surface area (Å²) in [7, 11) is 0. The van der Waals surface area contributed by atoms with Gasteiger partial charge in [0.15, 0.2) is 0 Å². The van der Waals surface area contributed by atoms with Crippen molar-refractivity contribution >= 4 is 21.8 Å². The van der Waals surface area contributed by atoms with Crippen LogP contribution >= 0.6 is 0 Å². The van der Waals surface area contributed by atoms with Crippen molar-refractivity contribution in [3.63, 3.8) is 0 Å². The second-order valence-electron chi connectivity index (χ2n) is 4.96. The fourth-order valence-corrected chi connectivity index (χ4v) is 2.63. The molecule has 0 aliphatic carbocycles. The van der Waals surface area contributed by atoms with E-state index in [9.17, 15) is 0 Å². The molecule has 0 saturated heterocycles. The Morgan fingerprint density at radius 2 is 1.29 bits per heavy atom. The van der Waals surface area contributed by atoms with E-state index in [1.165, 1.54) is 5.56 Å². The zero-order valence-electron chi connectivity index (χ0n) is 12.6. The van der Waals surface area contributed by atoms with Crippen LogP contribution in [-0.4, -0.2) is 18.2 Å². The van der Waals surface area contributed by atoms with Gasteiger partial charge in [-0.3, -0.25) is 0 Å². The zero-order chi connectivity index (χ0) is 14.8. The van der Waals surface area contributed by atoms with E-state index in [0.29, 0.717) is 13.2 Å². The van der Waals surface area contributed by atoms with Gasteiger partial charge in [0, 0.05) is 22.9 Å². The summed E-state index contributed by atoms with van der Waals surface area (Å²) >= 11 is 0. The molecule has 108 valence electrons. The van der Waals surface area contributed by atoms with Gasteiger partial charge in [0.1, 0.15) is 11.5 Å². The predicted octanol–water partition coefficient (Wildman–Crippen LogP) is 4.49. The topological polar surface area (TPSA) is 31.4 Å². The summed E-state index contributed by atoms with van der Waals surface area (Å²) in [6, 6.07) is 12.2. The van der Waals surface area contributed by atoms with Gasteiger partial charge in [0.2, 0.25) is 0 Å². The number of aromatic nitrogens is 1. The highest BCUT2D eigenvalue weighted by Gasteiger charge is 2.08. The molecule has 0 bridgehead atoms. The van der Waals surface area contributed by atoms with Gasteiger partial charge in [0.25, 0.3) is 0 Å². The van der Waals surface area contributed by atoms with Gasteiger partial charge >= 0.3 is 0 Å². The molecular weight excluding hydrogens is 262 g/mol. The highest BCUT2D eigenvalue weighted by atomic mass is 16.5. The average molecular weight is 281 g/mol. The molecule has 1 heterocycles. The Labute approximate surface area is 124 Å². The Hall–Kier alpha value is -2.29. The van der Waals surface area contributed by atoms with Crippen LogP contribution in [0.25, 0.3) is 21.8 Å². The second-order valence-corrected chi connectivity index (χ2v) is 4.96. The number of nitrogens with zero attached hydrogens (tertiary/aromatic N) is 1. The maximum atomic E-state index is 5.56. The van der Waals surface area contributed by atoms with Crippen molar-refractivity contribution in [1.82, 2.24) is 4.98 Å². The van der Waals surface area contributed by atoms with E-state index >= 15 is 0 Å². The summed E-state index contributed by atoms with van der Waals surface area (Å²) in [5.74, 6) is 1.72. The van der Waals surface area contributed by atoms with Crippen molar-refractivity contribution in [3.8, 4) is 11.5 Å². The molecular formula is C18H19NO2. The molecule has 0 aliphatic rings. The lowest BCUT2D eigenvalue weighted by atomic mass is 10.0. The Balaban J connectivity index is 2.22. The molecule has 0 radical (unpaired) electrons. The van der Waals surface area contributed by atoms with Crippen molar-refractivity contribution in [2.75, 3.05) is 13.2 Å². The second kappa shape index (κ2) is 5.60. The predicted molar refractivity (Wildman–Crippen MR) is 86.3 cm³/mol. The van der Waals surface area contributed by atoms with Gasteiger partial charge in [-0.15, -0.1) is 0 Å². The molecule has 0 unspecified atom stereocenters. The molecule has 0 spiro atoms. The molecule has 1 aromatic heterocycles. The third-order valence-electron chi connectivity index (χ3n) is 3.61. The van der Waals surface area contributed by atoms with Crippen LogP contribution in [0.4, 0.5) is 0 Å². The average Bonchev–Trinajstić information content (AvgIpc) is 2.48. The zero-order valence-corrected chi connectivity index (χ0v) is 12.6. The fourth-order valence-electron chi connectivity index (χ4n) is 2.63. The van der Waals surface area contributed by atoms with Crippen LogP contribution in [-0.2, 0) is 0 Å². The monoisotopic (exact) mass is 281 g/mol. The normalized spacial score (nSPS) is 11.0. The van der Waals surface area contributed by atoms with E-state index < -0.39 is 0 Å². The van der Waals surface area contributed by atoms with E-state index in [1.807, 2.05) is 38.1 Å². The number of fused-ring (bicyclic) bond motifs is 2. The molecule has 0 saturated carbocycles. The largest absolute Gasteiger partial charge is 0.494 e. The van der Waals surface area contributed by atoms with Crippen LogP contribution in [0.2, 0.25) is 0 Å². The summed E-state index contributed by atoms with van der Waals surface area (Å²) in [4.78, 5) is 4.76. The maximum Gasteiger partial charge on any atom is 0.121 e. The number of hydrogen-bond donors (Lipinski definition) is 0. The standard InChI is InChI=1S/C18H19NO2/c1-4-20-13-6-8-15-12(3)16-9-7-14(21-5-2)11-18(16)19-17(15)10-13/h6-11H,4-5H2,1-3H3. The third-order valence-corrected chi connectivity index (χ3v) is 3.61. The number of hydrogen-bond acceptors (Lipinski definition) is 3. The molecule has 3 nitrogen and oxygen atoms in total. The minimum Gasteiger partial charge on any atom is -0.494 e. The van der Waals surface area contributed by atoms with E-state index in [2.05, 4.69) is 19.1 Å². The van der Waals surface area contributed by atoms with Gasteiger partial charge < -0.3 is 9.47 Å². The number of rotatable bonds is 4. The summed E-state index contributed by atoms with van der Waals surface area (Å²) in [5.41, 5.74) is 3.15. The third kappa shape index (κ3) is 2.51. The molecule has 0 aliphatic heterocycles. The summed E-state index contributed by atoms with van der Waals surface area (Å²) in [5, 5.41) is 2.32. The lowest BCUT2D eigenvalue weighted by molar-refractivity contribution is 0.340. The molecule has 0 amide bonds. The number of benzene rings is 2. The molecule has 0 atom stereocenters. The van der Waals surface area contributed by atoms with Gasteiger partial charge in [-0.1, -0.05) is 0 Å². The van der Waals surface area contributed by atoms with E-state index in [1.54, 1.807) is 0 Å². The maximum absolute atomic E-state index is 5.56. The molecule has 3 heteroatoms. The SMILES string of the molecule is CCOc1ccc2c(C)c3ccc(OCC)cc3nc2c1.